The smallest absolute Gasteiger partial charge is 0.00554 e. The summed E-state index contributed by atoms with van der Waals surface area (Å²) in [5.74, 6) is 0. The summed E-state index contributed by atoms with van der Waals surface area (Å²) in [6.45, 7) is 6.68. The van der Waals surface area contributed by atoms with Crippen molar-refractivity contribution in [3.8, 4) is 0 Å². The molecule has 0 heterocycles. The van der Waals surface area contributed by atoms with Crippen LogP contribution >= 0.6 is 0 Å². The van der Waals surface area contributed by atoms with Crippen LogP contribution in [0.1, 0.15) is 32.8 Å². The molecule has 1 aliphatic carbocycles. The first-order chi connectivity index (χ1) is 6.70. The highest BCUT2D eigenvalue weighted by Gasteiger charge is 2.16. The van der Waals surface area contributed by atoms with Gasteiger partial charge in [-0.2, -0.15) is 0 Å². The monoisotopic (exact) mass is 184 g/mol. The minimum Gasteiger partial charge on any atom is -0.0657 e. The van der Waals surface area contributed by atoms with Crippen LogP contribution < -0.4 is 0 Å². The molecule has 1 aliphatic rings. The second-order valence-corrected chi connectivity index (χ2v) is 4.05. The Kier molecular flexibility index (Phi) is 2.28. The number of benzene rings is 1. The molecule has 0 aromatic heterocycles. The lowest BCUT2D eigenvalue weighted by atomic mass is 10.0. The van der Waals surface area contributed by atoms with Crippen molar-refractivity contribution < 1.29 is 0 Å². The Balaban J connectivity index is 2.42. The summed E-state index contributed by atoms with van der Waals surface area (Å²) in [4.78, 5) is 0. The van der Waals surface area contributed by atoms with E-state index in [-0.39, 0.29) is 0 Å². The van der Waals surface area contributed by atoms with E-state index in [4.69, 9.17) is 0 Å². The maximum absolute atomic E-state index is 2.23. The van der Waals surface area contributed by atoms with Crippen molar-refractivity contribution in [1.29, 1.82) is 0 Å². The fourth-order valence-electron chi connectivity index (χ4n) is 2.03. The van der Waals surface area contributed by atoms with Gasteiger partial charge in [-0.3, -0.25) is 0 Å². The van der Waals surface area contributed by atoms with Gasteiger partial charge in [0.25, 0.3) is 0 Å². The standard InChI is InChI=1S/C14H16/c1-10-9-14(12(3)11(10)2)13-7-5-4-6-8-13/h4-8H,9H2,1-3H3. The van der Waals surface area contributed by atoms with Crippen molar-refractivity contribution in [2.24, 2.45) is 0 Å². The van der Waals surface area contributed by atoms with E-state index in [1.165, 1.54) is 27.9 Å². The van der Waals surface area contributed by atoms with E-state index in [2.05, 4.69) is 51.1 Å². The number of hydrogen-bond donors (Lipinski definition) is 0. The predicted molar refractivity (Wildman–Crippen MR) is 62.0 cm³/mol. The minimum absolute atomic E-state index is 1.13. The highest BCUT2D eigenvalue weighted by atomic mass is 14.2. The van der Waals surface area contributed by atoms with Gasteiger partial charge in [0.05, 0.1) is 0 Å². The Morgan fingerprint density at radius 2 is 1.50 bits per heavy atom. The van der Waals surface area contributed by atoms with Gasteiger partial charge in [-0.15, -0.1) is 0 Å². The Morgan fingerprint density at radius 3 is 2.00 bits per heavy atom. The molecule has 0 saturated heterocycles. The average molecular weight is 184 g/mol. The van der Waals surface area contributed by atoms with Crippen molar-refractivity contribution in [3.63, 3.8) is 0 Å². The zero-order chi connectivity index (χ0) is 10.1. The topological polar surface area (TPSA) is 0 Å². The van der Waals surface area contributed by atoms with E-state index in [1.54, 1.807) is 0 Å². The lowest BCUT2D eigenvalue weighted by Gasteiger charge is -2.04. The van der Waals surface area contributed by atoms with Gasteiger partial charge in [0.15, 0.2) is 0 Å². The van der Waals surface area contributed by atoms with Gasteiger partial charge in [0.2, 0.25) is 0 Å². The Bertz CT molecular complexity index is 405. The lowest BCUT2D eigenvalue weighted by Crippen LogP contribution is -1.83. The van der Waals surface area contributed by atoms with E-state index in [1.807, 2.05) is 0 Å². The average Bonchev–Trinajstić information content (AvgIpc) is 2.47. The molecule has 0 unspecified atom stereocenters. The first-order valence-electron chi connectivity index (χ1n) is 5.12. The largest absolute Gasteiger partial charge is 0.0657 e. The van der Waals surface area contributed by atoms with Gasteiger partial charge >= 0.3 is 0 Å². The second kappa shape index (κ2) is 3.45. The van der Waals surface area contributed by atoms with Crippen LogP contribution in [0, 0.1) is 0 Å². The van der Waals surface area contributed by atoms with Crippen molar-refractivity contribution in [2.45, 2.75) is 27.2 Å². The molecule has 14 heavy (non-hydrogen) atoms. The summed E-state index contributed by atoms with van der Waals surface area (Å²) in [5.41, 5.74) is 7.33. The molecular weight excluding hydrogens is 168 g/mol. The molecule has 0 spiro atoms. The van der Waals surface area contributed by atoms with E-state index in [9.17, 15) is 0 Å². The molecule has 0 saturated carbocycles. The Hall–Kier alpha value is -1.30. The predicted octanol–water partition coefficient (Wildman–Crippen LogP) is 4.20. The number of allylic oxidation sites excluding steroid dienone is 4. The molecule has 0 atom stereocenters. The Labute approximate surface area is 86.0 Å². The van der Waals surface area contributed by atoms with Gasteiger partial charge in [-0.25, -0.2) is 0 Å². The second-order valence-electron chi connectivity index (χ2n) is 4.05. The van der Waals surface area contributed by atoms with Crippen LogP contribution in [0.4, 0.5) is 0 Å². The van der Waals surface area contributed by atoms with Gasteiger partial charge < -0.3 is 0 Å². The molecule has 0 amide bonds. The van der Waals surface area contributed by atoms with E-state index < -0.39 is 0 Å². The van der Waals surface area contributed by atoms with Gasteiger partial charge in [-0.1, -0.05) is 35.9 Å². The first kappa shape index (κ1) is 9.26. The molecular formula is C14H16. The molecule has 0 aliphatic heterocycles. The van der Waals surface area contributed by atoms with E-state index >= 15 is 0 Å². The van der Waals surface area contributed by atoms with Crippen LogP contribution in [0.2, 0.25) is 0 Å². The zero-order valence-corrected chi connectivity index (χ0v) is 9.09. The molecule has 0 heteroatoms. The lowest BCUT2D eigenvalue weighted by molar-refractivity contribution is 1.22. The van der Waals surface area contributed by atoms with Crippen LogP contribution in [0.3, 0.4) is 0 Å². The molecule has 0 bridgehead atoms. The highest BCUT2D eigenvalue weighted by Crippen LogP contribution is 2.37. The molecule has 0 fully saturated rings. The van der Waals surface area contributed by atoms with Gasteiger partial charge in [-0.05, 0) is 49.5 Å². The molecule has 0 N–H and O–H groups in total. The van der Waals surface area contributed by atoms with Crippen LogP contribution in [0.15, 0.2) is 47.1 Å². The third kappa shape index (κ3) is 1.41. The van der Waals surface area contributed by atoms with E-state index in [0.717, 1.165) is 6.42 Å². The summed E-state index contributed by atoms with van der Waals surface area (Å²) in [7, 11) is 0. The third-order valence-electron chi connectivity index (χ3n) is 3.22. The van der Waals surface area contributed by atoms with Crippen molar-refractivity contribution >= 4 is 5.57 Å². The fourth-order valence-corrected chi connectivity index (χ4v) is 2.03. The van der Waals surface area contributed by atoms with Crippen LogP contribution in [0.5, 0.6) is 0 Å². The number of hydrogen-bond acceptors (Lipinski definition) is 0. The molecule has 0 radical (unpaired) electrons. The quantitative estimate of drug-likeness (QED) is 0.613. The summed E-state index contributed by atoms with van der Waals surface area (Å²) in [6.07, 6.45) is 1.13. The van der Waals surface area contributed by atoms with Crippen LogP contribution in [-0.4, -0.2) is 0 Å². The summed E-state index contributed by atoms with van der Waals surface area (Å²) >= 11 is 0. The fraction of sp³-hybridized carbons (Fsp3) is 0.286. The van der Waals surface area contributed by atoms with Crippen LogP contribution in [-0.2, 0) is 0 Å². The highest BCUT2D eigenvalue weighted by molar-refractivity contribution is 5.77. The van der Waals surface area contributed by atoms with Crippen molar-refractivity contribution in [2.75, 3.05) is 0 Å². The number of rotatable bonds is 1. The molecule has 0 nitrogen and oxygen atoms in total. The minimum atomic E-state index is 1.13. The first-order valence-corrected chi connectivity index (χ1v) is 5.12. The molecule has 2 rings (SSSR count). The van der Waals surface area contributed by atoms with Crippen molar-refractivity contribution in [1.82, 2.24) is 0 Å². The van der Waals surface area contributed by atoms with E-state index in [0.29, 0.717) is 0 Å². The summed E-state index contributed by atoms with van der Waals surface area (Å²) in [6, 6.07) is 10.7. The van der Waals surface area contributed by atoms with Gasteiger partial charge in [0.1, 0.15) is 0 Å². The zero-order valence-electron chi connectivity index (χ0n) is 9.09. The maximum atomic E-state index is 2.23. The normalized spacial score (nSPS) is 16.8. The molecule has 1 aromatic rings. The SMILES string of the molecule is CC1=C(C)C(C)=C(c2ccccc2)C1. The Morgan fingerprint density at radius 1 is 0.857 bits per heavy atom. The maximum Gasteiger partial charge on any atom is -0.00554 e. The van der Waals surface area contributed by atoms with Crippen LogP contribution in [0.25, 0.3) is 5.57 Å². The van der Waals surface area contributed by atoms with Gasteiger partial charge in [0, 0.05) is 0 Å². The third-order valence-corrected chi connectivity index (χ3v) is 3.22. The molecule has 1 aromatic carbocycles. The molecule has 72 valence electrons. The van der Waals surface area contributed by atoms with Crippen molar-refractivity contribution in [3.05, 3.63) is 52.6 Å². The summed E-state index contributed by atoms with van der Waals surface area (Å²) in [5, 5.41) is 0. The summed E-state index contributed by atoms with van der Waals surface area (Å²) < 4.78 is 0.